The maximum absolute atomic E-state index is 10.9. The lowest BCUT2D eigenvalue weighted by molar-refractivity contribution is -0.114. The molecule has 2 N–H and O–H groups in total. The largest absolute Gasteiger partial charge is 0.463 e. The van der Waals surface area contributed by atoms with Gasteiger partial charge in [-0.3, -0.25) is 4.79 Å². The van der Waals surface area contributed by atoms with E-state index in [0.717, 1.165) is 28.6 Å². The molecule has 0 bridgehead atoms. The third kappa shape index (κ3) is 4.35. The van der Waals surface area contributed by atoms with Crippen molar-refractivity contribution in [3.63, 3.8) is 0 Å². The maximum atomic E-state index is 10.9. The van der Waals surface area contributed by atoms with E-state index in [1.165, 1.54) is 6.92 Å². The number of thioether (sulfide) groups is 1. The van der Waals surface area contributed by atoms with Gasteiger partial charge in [-0.05, 0) is 42.7 Å². The van der Waals surface area contributed by atoms with Crippen molar-refractivity contribution in [1.29, 1.82) is 0 Å². The van der Waals surface area contributed by atoms with Crippen molar-refractivity contribution >= 4 is 29.0 Å². The van der Waals surface area contributed by atoms with Crippen LogP contribution in [0, 0.1) is 0 Å². The Morgan fingerprint density at radius 2 is 1.75 bits per heavy atom. The minimum atomic E-state index is -0.0670. The van der Waals surface area contributed by atoms with Crippen LogP contribution in [0.25, 0.3) is 0 Å². The summed E-state index contributed by atoms with van der Waals surface area (Å²) in [5.74, 6) is 2.74. The predicted octanol–water partition coefficient (Wildman–Crippen LogP) is 3.71. The Morgan fingerprint density at radius 1 is 1.10 bits per heavy atom. The quantitative estimate of drug-likeness (QED) is 0.851. The molecule has 20 heavy (non-hydrogen) atoms. The molecule has 2 rings (SSSR count). The number of hydrogen-bond acceptors (Lipinski definition) is 4. The Kier molecular flexibility index (Phi) is 5.12. The van der Waals surface area contributed by atoms with Crippen LogP contribution in [0.2, 0.25) is 0 Å². The number of anilines is 2. The Bertz CT molecular complexity index is 564. The zero-order valence-corrected chi connectivity index (χ0v) is 12.4. The summed E-state index contributed by atoms with van der Waals surface area (Å²) in [4.78, 5) is 10.9. The van der Waals surface area contributed by atoms with Gasteiger partial charge in [-0.1, -0.05) is 0 Å². The third-order valence-corrected chi connectivity index (χ3v) is 3.25. The summed E-state index contributed by atoms with van der Waals surface area (Å²) in [7, 11) is 0. The van der Waals surface area contributed by atoms with E-state index in [-0.39, 0.29) is 5.91 Å². The second-order valence-corrected chi connectivity index (χ2v) is 5.28. The number of rotatable bonds is 6. The lowest BCUT2D eigenvalue weighted by Gasteiger charge is -2.06. The predicted molar refractivity (Wildman–Crippen MR) is 84.0 cm³/mol. The minimum absolute atomic E-state index is 0.0670. The first-order valence-electron chi connectivity index (χ1n) is 6.35. The molecule has 0 spiro atoms. The van der Waals surface area contributed by atoms with E-state index >= 15 is 0 Å². The van der Waals surface area contributed by atoms with Crippen molar-refractivity contribution in [2.75, 3.05) is 16.9 Å². The number of furan rings is 1. The summed E-state index contributed by atoms with van der Waals surface area (Å²) < 4.78 is 5.68. The molecule has 5 heteroatoms. The Balaban J connectivity index is 1.88. The van der Waals surface area contributed by atoms with Gasteiger partial charge in [0.05, 0.1) is 12.3 Å². The number of carbonyl (C=O) groups excluding carboxylic acids is 1. The Hall–Kier alpha value is -1.88. The topological polar surface area (TPSA) is 54.3 Å². The second-order valence-electron chi connectivity index (χ2n) is 4.41. The van der Waals surface area contributed by atoms with Crippen LogP contribution in [0.15, 0.2) is 40.8 Å². The highest BCUT2D eigenvalue weighted by Gasteiger charge is 2.02. The lowest BCUT2D eigenvalue weighted by atomic mass is 10.2. The van der Waals surface area contributed by atoms with Gasteiger partial charge in [0.15, 0.2) is 0 Å². The van der Waals surface area contributed by atoms with Crippen molar-refractivity contribution in [3.8, 4) is 0 Å². The molecule has 0 aliphatic rings. The van der Waals surface area contributed by atoms with Crippen LogP contribution in [-0.4, -0.2) is 12.2 Å². The van der Waals surface area contributed by atoms with Crippen LogP contribution in [0.3, 0.4) is 0 Å². The van der Waals surface area contributed by atoms with E-state index in [9.17, 15) is 4.79 Å². The fraction of sp³-hybridized carbons (Fsp3) is 0.267. The molecule has 0 aliphatic heterocycles. The van der Waals surface area contributed by atoms with Crippen LogP contribution in [0.1, 0.15) is 18.4 Å². The van der Waals surface area contributed by atoms with Gasteiger partial charge in [-0.15, -0.1) is 0 Å². The summed E-state index contributed by atoms with van der Waals surface area (Å²) in [6, 6.07) is 11.6. The average molecular weight is 290 g/mol. The van der Waals surface area contributed by atoms with Gasteiger partial charge in [-0.25, -0.2) is 0 Å². The highest BCUT2D eigenvalue weighted by Crippen LogP contribution is 2.17. The van der Waals surface area contributed by atoms with E-state index in [4.69, 9.17) is 4.42 Å². The molecule has 0 atom stereocenters. The van der Waals surface area contributed by atoms with Crippen LogP contribution in [0.5, 0.6) is 0 Å². The fourth-order valence-corrected chi connectivity index (χ4v) is 2.24. The molecule has 1 aromatic heterocycles. The van der Waals surface area contributed by atoms with Crippen molar-refractivity contribution in [3.05, 3.63) is 47.9 Å². The monoisotopic (exact) mass is 290 g/mol. The standard InChI is InChI=1S/C15H18N2O2S/c1-11(18)17-13-5-3-12(4-6-13)16-9-14-7-8-15(19-14)10-20-2/h3-8,16H,9-10H2,1-2H3,(H,17,18). The highest BCUT2D eigenvalue weighted by atomic mass is 32.2. The molecule has 0 aliphatic carbocycles. The average Bonchev–Trinajstić information content (AvgIpc) is 2.86. The van der Waals surface area contributed by atoms with Gasteiger partial charge in [0, 0.05) is 18.3 Å². The van der Waals surface area contributed by atoms with E-state index in [1.54, 1.807) is 11.8 Å². The molecule has 106 valence electrons. The first-order chi connectivity index (χ1) is 9.67. The smallest absolute Gasteiger partial charge is 0.221 e. The molecule has 1 amide bonds. The minimum Gasteiger partial charge on any atom is -0.463 e. The van der Waals surface area contributed by atoms with E-state index in [1.807, 2.05) is 36.4 Å². The zero-order valence-electron chi connectivity index (χ0n) is 11.6. The molecular formula is C15H18N2O2S. The molecule has 0 unspecified atom stereocenters. The van der Waals surface area contributed by atoms with Crippen LogP contribution >= 0.6 is 11.8 Å². The van der Waals surface area contributed by atoms with Crippen LogP contribution in [-0.2, 0) is 17.1 Å². The SMILES string of the molecule is CSCc1ccc(CNc2ccc(NC(C)=O)cc2)o1. The van der Waals surface area contributed by atoms with Crippen molar-refractivity contribution in [2.24, 2.45) is 0 Å². The first kappa shape index (κ1) is 14.5. The number of amides is 1. The third-order valence-electron chi connectivity index (χ3n) is 2.68. The summed E-state index contributed by atoms with van der Waals surface area (Å²) in [5, 5.41) is 6.02. The molecule has 0 saturated heterocycles. The van der Waals surface area contributed by atoms with Crippen molar-refractivity contribution in [2.45, 2.75) is 19.2 Å². The van der Waals surface area contributed by atoms with Gasteiger partial charge < -0.3 is 15.1 Å². The summed E-state index contributed by atoms with van der Waals surface area (Å²) in [6.07, 6.45) is 2.05. The number of carbonyl (C=O) groups is 1. The first-order valence-corrected chi connectivity index (χ1v) is 7.75. The lowest BCUT2D eigenvalue weighted by Crippen LogP contribution is -2.05. The molecule has 1 aromatic carbocycles. The normalized spacial score (nSPS) is 10.3. The Morgan fingerprint density at radius 3 is 2.40 bits per heavy atom. The number of benzene rings is 1. The molecule has 0 fully saturated rings. The summed E-state index contributed by atoms with van der Waals surface area (Å²) in [6.45, 7) is 2.14. The van der Waals surface area contributed by atoms with Gasteiger partial charge in [0.1, 0.15) is 11.5 Å². The van der Waals surface area contributed by atoms with Gasteiger partial charge in [0.2, 0.25) is 5.91 Å². The molecule has 4 nitrogen and oxygen atoms in total. The van der Waals surface area contributed by atoms with E-state index < -0.39 is 0 Å². The summed E-state index contributed by atoms with van der Waals surface area (Å²) >= 11 is 1.74. The molecule has 1 heterocycles. The van der Waals surface area contributed by atoms with Gasteiger partial charge >= 0.3 is 0 Å². The Labute approximate surface area is 122 Å². The van der Waals surface area contributed by atoms with Gasteiger partial charge in [-0.2, -0.15) is 11.8 Å². The summed E-state index contributed by atoms with van der Waals surface area (Å²) in [5.41, 5.74) is 1.78. The molecule has 2 aromatic rings. The molecular weight excluding hydrogens is 272 g/mol. The number of nitrogens with one attached hydrogen (secondary N) is 2. The van der Waals surface area contributed by atoms with Crippen molar-refractivity contribution in [1.82, 2.24) is 0 Å². The van der Waals surface area contributed by atoms with E-state index in [0.29, 0.717) is 6.54 Å². The fourth-order valence-electron chi connectivity index (χ4n) is 1.80. The molecule has 0 saturated carbocycles. The van der Waals surface area contributed by atoms with Crippen molar-refractivity contribution < 1.29 is 9.21 Å². The number of hydrogen-bond donors (Lipinski definition) is 2. The maximum Gasteiger partial charge on any atom is 0.221 e. The molecule has 0 radical (unpaired) electrons. The van der Waals surface area contributed by atoms with Gasteiger partial charge in [0.25, 0.3) is 0 Å². The van der Waals surface area contributed by atoms with E-state index in [2.05, 4.69) is 16.9 Å². The van der Waals surface area contributed by atoms with Crippen LogP contribution in [0.4, 0.5) is 11.4 Å². The highest BCUT2D eigenvalue weighted by molar-refractivity contribution is 7.97. The van der Waals surface area contributed by atoms with Crippen LogP contribution < -0.4 is 10.6 Å². The zero-order chi connectivity index (χ0) is 14.4. The second kappa shape index (κ2) is 7.05.